The SMILES string of the molecule is CC(C)N(Cc1ccccc1)C(=O)c1cnc(NCc2cccc3ccccc23)nc1-c1ccccc1F. The van der Waals surface area contributed by atoms with Crippen LogP contribution in [-0.4, -0.2) is 26.8 Å². The lowest BCUT2D eigenvalue weighted by atomic mass is 10.0. The highest BCUT2D eigenvalue weighted by Gasteiger charge is 2.25. The minimum absolute atomic E-state index is 0.0830. The summed E-state index contributed by atoms with van der Waals surface area (Å²) in [5.74, 6) is -0.367. The van der Waals surface area contributed by atoms with Crippen LogP contribution < -0.4 is 5.32 Å². The van der Waals surface area contributed by atoms with Crippen molar-refractivity contribution in [1.29, 1.82) is 0 Å². The van der Waals surface area contributed by atoms with E-state index in [1.807, 2.05) is 62.4 Å². The Hall–Kier alpha value is -4.58. The van der Waals surface area contributed by atoms with E-state index in [2.05, 4.69) is 39.6 Å². The van der Waals surface area contributed by atoms with Gasteiger partial charge in [-0.2, -0.15) is 0 Å². The first-order valence-electron chi connectivity index (χ1n) is 12.7. The van der Waals surface area contributed by atoms with Crippen LogP contribution in [0.2, 0.25) is 0 Å². The lowest BCUT2D eigenvalue weighted by Crippen LogP contribution is -2.37. The minimum atomic E-state index is -0.445. The van der Waals surface area contributed by atoms with Crippen LogP contribution in [0.5, 0.6) is 0 Å². The Kier molecular flexibility index (Phi) is 7.40. The van der Waals surface area contributed by atoms with Crippen LogP contribution in [0.3, 0.4) is 0 Å². The monoisotopic (exact) mass is 504 g/mol. The molecule has 0 spiro atoms. The average Bonchev–Trinajstić information content (AvgIpc) is 2.95. The summed E-state index contributed by atoms with van der Waals surface area (Å²) >= 11 is 0. The summed E-state index contributed by atoms with van der Waals surface area (Å²) in [5, 5.41) is 5.55. The van der Waals surface area contributed by atoms with Gasteiger partial charge < -0.3 is 10.2 Å². The number of hydrogen-bond donors (Lipinski definition) is 1. The number of carbonyl (C=O) groups is 1. The number of halogens is 1. The van der Waals surface area contributed by atoms with Gasteiger partial charge in [-0.25, -0.2) is 14.4 Å². The van der Waals surface area contributed by atoms with Crippen LogP contribution in [0.4, 0.5) is 10.3 Å². The molecule has 0 saturated carbocycles. The predicted molar refractivity (Wildman–Crippen MR) is 150 cm³/mol. The highest BCUT2D eigenvalue weighted by Crippen LogP contribution is 2.28. The fourth-order valence-electron chi connectivity index (χ4n) is 4.53. The molecule has 1 amide bonds. The zero-order valence-corrected chi connectivity index (χ0v) is 21.4. The fourth-order valence-corrected chi connectivity index (χ4v) is 4.53. The molecule has 5 aromatic rings. The van der Waals surface area contributed by atoms with Gasteiger partial charge in [0.25, 0.3) is 5.91 Å². The summed E-state index contributed by atoms with van der Waals surface area (Å²) in [6.45, 7) is 4.84. The normalized spacial score (nSPS) is 11.1. The number of benzene rings is 4. The summed E-state index contributed by atoms with van der Waals surface area (Å²) in [4.78, 5) is 24.7. The maximum absolute atomic E-state index is 15.0. The number of nitrogens with zero attached hydrogens (tertiary/aromatic N) is 3. The first-order valence-corrected chi connectivity index (χ1v) is 12.7. The fraction of sp³-hybridized carbons (Fsp3) is 0.156. The van der Waals surface area contributed by atoms with Crippen LogP contribution in [-0.2, 0) is 13.1 Å². The van der Waals surface area contributed by atoms with Crippen molar-refractivity contribution in [2.45, 2.75) is 33.0 Å². The molecular weight excluding hydrogens is 475 g/mol. The van der Waals surface area contributed by atoms with Crippen LogP contribution in [0.25, 0.3) is 22.0 Å². The average molecular weight is 505 g/mol. The number of hydrogen-bond acceptors (Lipinski definition) is 4. The van der Waals surface area contributed by atoms with E-state index in [0.29, 0.717) is 19.0 Å². The predicted octanol–water partition coefficient (Wildman–Crippen LogP) is 7.10. The molecule has 6 heteroatoms. The number of amides is 1. The van der Waals surface area contributed by atoms with Gasteiger partial charge >= 0.3 is 0 Å². The van der Waals surface area contributed by atoms with Gasteiger partial charge in [-0.3, -0.25) is 4.79 Å². The topological polar surface area (TPSA) is 58.1 Å². The second-order valence-corrected chi connectivity index (χ2v) is 9.44. The summed E-state index contributed by atoms with van der Waals surface area (Å²) in [6, 6.07) is 30.4. The Morgan fingerprint density at radius 3 is 2.39 bits per heavy atom. The molecule has 1 aromatic heterocycles. The lowest BCUT2D eigenvalue weighted by Gasteiger charge is -2.27. The molecule has 0 bridgehead atoms. The van der Waals surface area contributed by atoms with Gasteiger partial charge in [0.1, 0.15) is 5.82 Å². The van der Waals surface area contributed by atoms with E-state index in [1.54, 1.807) is 23.1 Å². The highest BCUT2D eigenvalue weighted by molar-refractivity contribution is 6.00. The second kappa shape index (κ2) is 11.2. The van der Waals surface area contributed by atoms with E-state index in [-0.39, 0.29) is 28.8 Å². The molecule has 0 atom stereocenters. The standard InChI is InChI=1S/C32H29FN4O/c1-22(2)37(21-23-11-4-3-5-12-23)31(38)28-20-35-32(36-30(28)27-17-8-9-18-29(27)33)34-19-25-15-10-14-24-13-6-7-16-26(24)25/h3-18,20,22H,19,21H2,1-2H3,(H,34,35,36). The lowest BCUT2D eigenvalue weighted by molar-refractivity contribution is 0.0690. The van der Waals surface area contributed by atoms with E-state index in [9.17, 15) is 9.18 Å². The van der Waals surface area contributed by atoms with Crippen LogP contribution in [0, 0.1) is 5.82 Å². The Morgan fingerprint density at radius 2 is 1.61 bits per heavy atom. The Morgan fingerprint density at radius 1 is 0.895 bits per heavy atom. The largest absolute Gasteiger partial charge is 0.350 e. The molecule has 0 saturated heterocycles. The van der Waals surface area contributed by atoms with E-state index < -0.39 is 5.82 Å². The first kappa shape index (κ1) is 25.1. The number of anilines is 1. The zero-order chi connectivity index (χ0) is 26.5. The van der Waals surface area contributed by atoms with Gasteiger partial charge in [0.05, 0.1) is 11.3 Å². The van der Waals surface area contributed by atoms with Crippen molar-refractivity contribution < 1.29 is 9.18 Å². The molecule has 0 aliphatic carbocycles. The molecule has 38 heavy (non-hydrogen) atoms. The maximum atomic E-state index is 15.0. The molecule has 1 heterocycles. The van der Waals surface area contributed by atoms with Crippen LogP contribution in [0.1, 0.15) is 35.3 Å². The summed E-state index contributed by atoms with van der Waals surface area (Å²) in [6.07, 6.45) is 1.50. The molecule has 0 fully saturated rings. The van der Waals surface area contributed by atoms with Crippen molar-refractivity contribution in [2.75, 3.05) is 5.32 Å². The number of nitrogens with one attached hydrogen (secondary N) is 1. The second-order valence-electron chi connectivity index (χ2n) is 9.44. The molecule has 0 aliphatic heterocycles. The Labute approximate surface area is 222 Å². The van der Waals surface area contributed by atoms with Gasteiger partial charge in [-0.15, -0.1) is 0 Å². The van der Waals surface area contributed by atoms with Gasteiger partial charge in [-0.1, -0.05) is 84.9 Å². The summed E-state index contributed by atoms with van der Waals surface area (Å²) in [5.41, 5.74) is 2.89. The van der Waals surface area contributed by atoms with E-state index >= 15 is 0 Å². The van der Waals surface area contributed by atoms with Crippen LogP contribution >= 0.6 is 0 Å². The third-order valence-electron chi connectivity index (χ3n) is 6.54. The maximum Gasteiger partial charge on any atom is 0.258 e. The highest BCUT2D eigenvalue weighted by atomic mass is 19.1. The Bertz CT molecular complexity index is 1560. The molecule has 5 nitrogen and oxygen atoms in total. The van der Waals surface area contributed by atoms with E-state index in [4.69, 9.17) is 0 Å². The molecule has 0 unspecified atom stereocenters. The van der Waals surface area contributed by atoms with Gasteiger partial charge in [0.15, 0.2) is 0 Å². The quantitative estimate of drug-likeness (QED) is 0.245. The summed E-state index contributed by atoms with van der Waals surface area (Å²) in [7, 11) is 0. The minimum Gasteiger partial charge on any atom is -0.350 e. The molecular formula is C32H29FN4O. The van der Waals surface area contributed by atoms with Gasteiger partial charge in [0, 0.05) is 30.9 Å². The third-order valence-corrected chi connectivity index (χ3v) is 6.54. The van der Waals surface area contributed by atoms with Gasteiger partial charge in [-0.05, 0) is 47.9 Å². The summed E-state index contributed by atoms with van der Waals surface area (Å²) < 4.78 is 15.0. The molecule has 1 N–H and O–H groups in total. The number of rotatable bonds is 8. The Balaban J connectivity index is 1.50. The number of carbonyl (C=O) groups excluding carboxylic acids is 1. The van der Waals surface area contributed by atoms with Crippen molar-refractivity contribution >= 4 is 22.6 Å². The smallest absolute Gasteiger partial charge is 0.258 e. The van der Waals surface area contributed by atoms with Crippen LogP contribution in [0.15, 0.2) is 103 Å². The number of fused-ring (bicyclic) bond motifs is 1. The molecule has 190 valence electrons. The van der Waals surface area contributed by atoms with Crippen molar-refractivity contribution in [3.05, 3.63) is 126 Å². The van der Waals surface area contributed by atoms with Crippen molar-refractivity contribution in [3.8, 4) is 11.3 Å². The molecule has 0 radical (unpaired) electrons. The molecule has 5 rings (SSSR count). The van der Waals surface area contributed by atoms with Crippen molar-refractivity contribution in [1.82, 2.24) is 14.9 Å². The zero-order valence-electron chi connectivity index (χ0n) is 21.4. The molecule has 0 aliphatic rings. The first-order chi connectivity index (χ1) is 18.5. The van der Waals surface area contributed by atoms with Crippen molar-refractivity contribution in [2.24, 2.45) is 0 Å². The van der Waals surface area contributed by atoms with Crippen molar-refractivity contribution in [3.63, 3.8) is 0 Å². The van der Waals surface area contributed by atoms with E-state index in [0.717, 1.165) is 21.9 Å². The molecule has 4 aromatic carbocycles. The van der Waals surface area contributed by atoms with Gasteiger partial charge in [0.2, 0.25) is 5.95 Å². The third kappa shape index (κ3) is 5.39. The van der Waals surface area contributed by atoms with E-state index in [1.165, 1.54) is 12.3 Å². The number of aromatic nitrogens is 2.